The Morgan fingerprint density at radius 1 is 1.17 bits per heavy atom. The number of hydrogen-bond acceptors (Lipinski definition) is 3. The normalized spacial score (nSPS) is 9.87. The van der Waals surface area contributed by atoms with Crippen LogP contribution in [-0.2, 0) is 0 Å². The third-order valence-corrected chi connectivity index (χ3v) is 3.52. The summed E-state index contributed by atoms with van der Waals surface area (Å²) in [5, 5.41) is 0. The molecule has 0 aliphatic heterocycles. The van der Waals surface area contributed by atoms with E-state index >= 15 is 0 Å². The number of nitrogens with zero attached hydrogens (tertiary/aromatic N) is 1. The Hall–Kier alpha value is -2.20. The van der Waals surface area contributed by atoms with Crippen LogP contribution in [0.15, 0.2) is 42.5 Å². The number of amides is 1. The molecule has 0 spiro atoms. The zero-order chi connectivity index (χ0) is 16.1. The van der Waals surface area contributed by atoms with Gasteiger partial charge in [-0.1, -0.05) is 18.2 Å². The number of aryl methyl sites for hydroxylation is 2. The van der Waals surface area contributed by atoms with Gasteiger partial charge in [-0.2, -0.15) is 0 Å². The number of halogens is 1. The minimum Gasteiger partial charge on any atom is -0.492 e. The number of benzene rings is 2. The van der Waals surface area contributed by atoms with Crippen molar-refractivity contribution >= 4 is 24.0 Å². The van der Waals surface area contributed by atoms with Crippen LogP contribution in [0.2, 0.25) is 0 Å². The molecule has 0 saturated heterocycles. The van der Waals surface area contributed by atoms with Gasteiger partial charge in [-0.25, -0.2) is 0 Å². The van der Waals surface area contributed by atoms with E-state index in [0.29, 0.717) is 24.4 Å². The molecule has 0 bridgehead atoms. The van der Waals surface area contributed by atoms with Gasteiger partial charge in [-0.05, 0) is 49.2 Å². The van der Waals surface area contributed by atoms with Crippen LogP contribution in [0.5, 0.6) is 5.75 Å². The van der Waals surface area contributed by atoms with Crippen molar-refractivity contribution in [2.45, 2.75) is 13.8 Å². The van der Waals surface area contributed by atoms with E-state index in [2.05, 4.69) is 0 Å². The molecule has 2 aromatic carbocycles. The number of nitrogen functional groups attached to an aromatic ring is 1. The lowest BCUT2D eigenvalue weighted by Gasteiger charge is -2.19. The minimum atomic E-state index is -0.0438. The molecule has 0 aromatic heterocycles. The molecule has 1 amide bonds. The van der Waals surface area contributed by atoms with Crippen LogP contribution < -0.4 is 10.5 Å². The van der Waals surface area contributed by atoms with Crippen molar-refractivity contribution in [1.29, 1.82) is 0 Å². The molecule has 0 aliphatic carbocycles. The van der Waals surface area contributed by atoms with Gasteiger partial charge in [0.25, 0.3) is 5.91 Å². The van der Waals surface area contributed by atoms with Gasteiger partial charge in [0.1, 0.15) is 12.4 Å². The van der Waals surface area contributed by atoms with E-state index < -0.39 is 0 Å². The second kappa shape index (κ2) is 8.44. The van der Waals surface area contributed by atoms with Crippen LogP contribution in [0.25, 0.3) is 0 Å². The Kier molecular flexibility index (Phi) is 6.91. The van der Waals surface area contributed by atoms with Crippen LogP contribution in [0.4, 0.5) is 5.69 Å². The summed E-state index contributed by atoms with van der Waals surface area (Å²) >= 11 is 0. The maximum Gasteiger partial charge on any atom is 0.254 e. The van der Waals surface area contributed by atoms with Crippen molar-refractivity contribution in [2.24, 2.45) is 0 Å². The Morgan fingerprint density at radius 3 is 2.61 bits per heavy atom. The molecule has 2 aromatic rings. The molecule has 5 heteroatoms. The lowest BCUT2D eigenvalue weighted by molar-refractivity contribution is 0.0773. The maximum absolute atomic E-state index is 12.4. The molecular formula is C18H23ClN2O2. The second-order valence-corrected chi connectivity index (χ2v) is 5.47. The van der Waals surface area contributed by atoms with Crippen LogP contribution in [0, 0.1) is 13.8 Å². The summed E-state index contributed by atoms with van der Waals surface area (Å²) in [6.45, 7) is 4.89. The van der Waals surface area contributed by atoms with Gasteiger partial charge in [0.15, 0.2) is 0 Å². The van der Waals surface area contributed by atoms with Gasteiger partial charge < -0.3 is 15.4 Å². The van der Waals surface area contributed by atoms with E-state index in [9.17, 15) is 4.79 Å². The van der Waals surface area contributed by atoms with Crippen LogP contribution in [0.3, 0.4) is 0 Å². The third-order valence-electron chi connectivity index (χ3n) is 3.52. The summed E-state index contributed by atoms with van der Waals surface area (Å²) in [6.07, 6.45) is 0. The van der Waals surface area contributed by atoms with E-state index in [1.807, 2.05) is 44.2 Å². The Bertz CT molecular complexity index is 674. The Balaban J connectivity index is 0.00000264. The molecule has 23 heavy (non-hydrogen) atoms. The van der Waals surface area contributed by atoms with Crippen molar-refractivity contribution in [3.8, 4) is 5.75 Å². The summed E-state index contributed by atoms with van der Waals surface area (Å²) < 4.78 is 5.68. The van der Waals surface area contributed by atoms with Gasteiger partial charge in [0.2, 0.25) is 0 Å². The minimum absolute atomic E-state index is 0. The highest BCUT2D eigenvalue weighted by molar-refractivity contribution is 5.96. The van der Waals surface area contributed by atoms with E-state index in [-0.39, 0.29) is 18.3 Å². The molecule has 0 radical (unpaired) electrons. The molecule has 2 rings (SSSR count). The van der Waals surface area contributed by atoms with Gasteiger partial charge in [0, 0.05) is 18.3 Å². The van der Waals surface area contributed by atoms with Crippen molar-refractivity contribution in [3.63, 3.8) is 0 Å². The highest BCUT2D eigenvalue weighted by Gasteiger charge is 2.14. The van der Waals surface area contributed by atoms with Gasteiger partial charge in [0.05, 0.1) is 6.54 Å². The fraction of sp³-hybridized carbons (Fsp3) is 0.278. The molecule has 0 unspecified atom stereocenters. The standard InChI is InChI=1S/C18H22N2O2.ClH/c1-13-5-4-6-16(11-13)22-10-9-20(3)18(21)17-12-15(19)8-7-14(17)2;/h4-8,11-12H,9-10,19H2,1-3H3;1H. The Morgan fingerprint density at radius 2 is 1.91 bits per heavy atom. The van der Waals surface area contributed by atoms with Crippen molar-refractivity contribution in [1.82, 2.24) is 4.90 Å². The second-order valence-electron chi connectivity index (χ2n) is 5.47. The first-order valence-corrected chi connectivity index (χ1v) is 7.28. The quantitative estimate of drug-likeness (QED) is 0.852. The SMILES string of the molecule is Cc1cccc(OCCN(C)C(=O)c2cc(N)ccc2C)c1.Cl. The molecule has 2 N–H and O–H groups in total. The zero-order valence-corrected chi connectivity index (χ0v) is 14.5. The summed E-state index contributed by atoms with van der Waals surface area (Å²) in [5.74, 6) is 0.777. The van der Waals surface area contributed by atoms with Crippen LogP contribution >= 0.6 is 12.4 Å². The predicted octanol–water partition coefficient (Wildman–Crippen LogP) is 3.46. The van der Waals surface area contributed by atoms with E-state index in [1.165, 1.54) is 0 Å². The number of nitrogens with two attached hydrogens (primary N) is 1. The van der Waals surface area contributed by atoms with Gasteiger partial charge in [-0.3, -0.25) is 4.79 Å². The molecule has 4 nitrogen and oxygen atoms in total. The van der Waals surface area contributed by atoms with Crippen molar-refractivity contribution in [3.05, 3.63) is 59.2 Å². The summed E-state index contributed by atoms with van der Waals surface area (Å²) in [7, 11) is 1.77. The molecule has 0 fully saturated rings. The third kappa shape index (κ3) is 5.18. The topological polar surface area (TPSA) is 55.6 Å². The van der Waals surface area contributed by atoms with Gasteiger partial charge in [-0.15, -0.1) is 12.4 Å². The molecular weight excluding hydrogens is 312 g/mol. The van der Waals surface area contributed by atoms with Gasteiger partial charge >= 0.3 is 0 Å². The lowest BCUT2D eigenvalue weighted by atomic mass is 10.1. The largest absolute Gasteiger partial charge is 0.492 e. The summed E-state index contributed by atoms with van der Waals surface area (Å²) in [4.78, 5) is 14.1. The molecule has 124 valence electrons. The molecule has 0 aliphatic rings. The fourth-order valence-corrected chi connectivity index (χ4v) is 2.18. The van der Waals surface area contributed by atoms with E-state index in [0.717, 1.165) is 16.9 Å². The average Bonchev–Trinajstić information content (AvgIpc) is 2.49. The van der Waals surface area contributed by atoms with E-state index in [4.69, 9.17) is 10.5 Å². The fourth-order valence-electron chi connectivity index (χ4n) is 2.18. The first kappa shape index (κ1) is 18.8. The monoisotopic (exact) mass is 334 g/mol. The average molecular weight is 335 g/mol. The Labute approximate surface area is 143 Å². The number of rotatable bonds is 5. The maximum atomic E-state index is 12.4. The number of ether oxygens (including phenoxy) is 1. The number of carbonyl (C=O) groups is 1. The number of hydrogen-bond donors (Lipinski definition) is 1. The molecule has 0 atom stereocenters. The number of likely N-dealkylation sites (N-methyl/N-ethyl adjacent to an activating group) is 1. The van der Waals surface area contributed by atoms with Crippen molar-refractivity contribution < 1.29 is 9.53 Å². The molecule has 0 saturated carbocycles. The first-order valence-electron chi connectivity index (χ1n) is 7.28. The highest BCUT2D eigenvalue weighted by Crippen LogP contribution is 2.15. The summed E-state index contributed by atoms with van der Waals surface area (Å²) in [5.41, 5.74) is 9.07. The summed E-state index contributed by atoms with van der Waals surface area (Å²) in [6, 6.07) is 13.2. The van der Waals surface area contributed by atoms with Crippen molar-refractivity contribution in [2.75, 3.05) is 25.9 Å². The van der Waals surface area contributed by atoms with Crippen LogP contribution in [-0.4, -0.2) is 31.0 Å². The highest BCUT2D eigenvalue weighted by atomic mass is 35.5. The number of anilines is 1. The lowest BCUT2D eigenvalue weighted by Crippen LogP contribution is -2.31. The smallest absolute Gasteiger partial charge is 0.254 e. The molecule has 0 heterocycles. The number of carbonyl (C=O) groups excluding carboxylic acids is 1. The first-order chi connectivity index (χ1) is 10.5. The van der Waals surface area contributed by atoms with Crippen LogP contribution in [0.1, 0.15) is 21.5 Å². The zero-order valence-electron chi connectivity index (χ0n) is 13.7. The van der Waals surface area contributed by atoms with E-state index in [1.54, 1.807) is 24.1 Å². The predicted molar refractivity (Wildman–Crippen MR) is 96.5 cm³/mol.